The first kappa shape index (κ1) is 22.7. The van der Waals surface area contributed by atoms with E-state index >= 15 is 0 Å². The Morgan fingerprint density at radius 3 is 2.45 bits per heavy atom. The summed E-state index contributed by atoms with van der Waals surface area (Å²) in [5.41, 5.74) is 5.13. The molecule has 2 aliphatic heterocycles. The van der Waals surface area contributed by atoms with Crippen molar-refractivity contribution in [2.45, 2.75) is 58.5 Å². The van der Waals surface area contributed by atoms with Crippen LogP contribution in [0, 0.1) is 5.41 Å². The number of halogens is 2. The molecule has 0 aromatic carbocycles. The van der Waals surface area contributed by atoms with Crippen LogP contribution < -0.4 is 0 Å². The summed E-state index contributed by atoms with van der Waals surface area (Å²) in [5, 5.41) is 4.63. The third kappa shape index (κ3) is 4.52. The molecule has 1 aliphatic carbocycles. The van der Waals surface area contributed by atoms with Crippen molar-refractivity contribution in [1.82, 2.24) is 19.6 Å². The lowest BCUT2D eigenvalue weighted by Gasteiger charge is -2.44. The SMILES string of the molecule is CCOCC1(COCC)CCC2=C(C1)N(CCN(C)C)Cc1nn3c(c12)CC(F)(F)C3. The molecule has 31 heavy (non-hydrogen) atoms. The third-order valence-corrected chi connectivity index (χ3v) is 6.80. The monoisotopic (exact) mass is 438 g/mol. The number of allylic oxidation sites excluding steroid dienone is 2. The van der Waals surface area contributed by atoms with E-state index in [4.69, 9.17) is 9.47 Å². The van der Waals surface area contributed by atoms with Gasteiger partial charge in [-0.15, -0.1) is 0 Å². The molecule has 8 heteroatoms. The van der Waals surface area contributed by atoms with Gasteiger partial charge in [0.05, 0.1) is 37.6 Å². The van der Waals surface area contributed by atoms with E-state index in [1.165, 1.54) is 11.3 Å². The van der Waals surface area contributed by atoms with Gasteiger partial charge in [0, 0.05) is 43.0 Å². The molecule has 0 bridgehead atoms. The lowest BCUT2D eigenvalue weighted by Crippen LogP contribution is -2.42. The summed E-state index contributed by atoms with van der Waals surface area (Å²) in [4.78, 5) is 4.60. The van der Waals surface area contributed by atoms with Gasteiger partial charge in [-0.2, -0.15) is 5.10 Å². The second-order valence-corrected chi connectivity index (χ2v) is 9.56. The Morgan fingerprint density at radius 1 is 1.10 bits per heavy atom. The largest absolute Gasteiger partial charge is 0.381 e. The molecular weight excluding hydrogens is 402 g/mol. The predicted octanol–water partition coefficient (Wildman–Crippen LogP) is 3.41. The molecule has 4 rings (SSSR count). The number of likely N-dealkylation sites (N-methyl/N-ethyl adjacent to an activating group) is 1. The molecule has 0 saturated heterocycles. The van der Waals surface area contributed by atoms with Crippen LogP contribution >= 0.6 is 0 Å². The minimum atomic E-state index is -2.69. The van der Waals surface area contributed by atoms with Crippen LogP contribution in [0.1, 0.15) is 50.1 Å². The Morgan fingerprint density at radius 2 is 1.81 bits per heavy atom. The second-order valence-electron chi connectivity index (χ2n) is 9.56. The smallest absolute Gasteiger partial charge is 0.272 e. The van der Waals surface area contributed by atoms with Gasteiger partial charge in [-0.25, -0.2) is 8.78 Å². The number of rotatable bonds is 9. The van der Waals surface area contributed by atoms with E-state index in [0.29, 0.717) is 33.0 Å². The first-order valence-corrected chi connectivity index (χ1v) is 11.5. The third-order valence-electron chi connectivity index (χ3n) is 6.80. The lowest BCUT2D eigenvalue weighted by atomic mass is 9.71. The summed E-state index contributed by atoms with van der Waals surface area (Å²) in [7, 11) is 4.15. The van der Waals surface area contributed by atoms with Crippen molar-refractivity contribution in [2.24, 2.45) is 5.41 Å². The Bertz CT molecular complexity index is 826. The van der Waals surface area contributed by atoms with Crippen molar-refractivity contribution in [3.05, 3.63) is 22.6 Å². The zero-order valence-corrected chi connectivity index (χ0v) is 19.3. The first-order chi connectivity index (χ1) is 14.8. The summed E-state index contributed by atoms with van der Waals surface area (Å²) in [5.74, 6) is -2.69. The van der Waals surface area contributed by atoms with E-state index in [1.807, 2.05) is 13.8 Å². The number of ether oxygens (including phenoxy) is 2. The molecule has 0 N–H and O–H groups in total. The van der Waals surface area contributed by atoms with E-state index in [1.54, 1.807) is 4.68 Å². The number of hydrogen-bond acceptors (Lipinski definition) is 5. The van der Waals surface area contributed by atoms with Gasteiger partial charge in [0.25, 0.3) is 5.92 Å². The van der Waals surface area contributed by atoms with E-state index in [9.17, 15) is 8.78 Å². The van der Waals surface area contributed by atoms with Crippen molar-refractivity contribution in [1.29, 1.82) is 0 Å². The summed E-state index contributed by atoms with van der Waals surface area (Å²) < 4.78 is 41.6. The Balaban J connectivity index is 1.71. The molecule has 0 unspecified atom stereocenters. The van der Waals surface area contributed by atoms with E-state index in [-0.39, 0.29) is 18.4 Å². The topological polar surface area (TPSA) is 42.8 Å². The van der Waals surface area contributed by atoms with Crippen molar-refractivity contribution in [3.8, 4) is 0 Å². The maximum Gasteiger partial charge on any atom is 0.272 e. The van der Waals surface area contributed by atoms with Crippen molar-refractivity contribution < 1.29 is 18.3 Å². The van der Waals surface area contributed by atoms with Crippen LogP contribution in [0.4, 0.5) is 8.78 Å². The summed E-state index contributed by atoms with van der Waals surface area (Å²) >= 11 is 0. The van der Waals surface area contributed by atoms with Crippen LogP contribution in [-0.2, 0) is 29.0 Å². The minimum Gasteiger partial charge on any atom is -0.381 e. The molecule has 174 valence electrons. The minimum absolute atomic E-state index is 0.0704. The molecule has 1 aromatic rings. The van der Waals surface area contributed by atoms with Crippen LogP contribution in [0.2, 0.25) is 0 Å². The molecule has 0 spiro atoms. The van der Waals surface area contributed by atoms with Gasteiger partial charge in [0.2, 0.25) is 0 Å². The van der Waals surface area contributed by atoms with Crippen LogP contribution in [0.15, 0.2) is 5.70 Å². The number of nitrogens with zero attached hydrogens (tertiary/aromatic N) is 4. The van der Waals surface area contributed by atoms with Gasteiger partial charge in [-0.05, 0) is 52.8 Å². The van der Waals surface area contributed by atoms with E-state index < -0.39 is 5.92 Å². The standard InChI is InChI=1S/C23H36F2N4O2/c1-5-30-15-22(16-31-6-2)8-7-17-19(11-22)28(10-9-27(3)4)13-18-21(17)20-12-23(24,25)14-29(20)26-18/h5-16H2,1-4H3. The summed E-state index contributed by atoms with van der Waals surface area (Å²) in [6, 6.07) is 0. The fourth-order valence-electron chi connectivity index (χ4n) is 5.23. The van der Waals surface area contributed by atoms with Gasteiger partial charge in [-0.3, -0.25) is 4.68 Å². The number of alkyl halides is 2. The van der Waals surface area contributed by atoms with Crippen LogP contribution in [0.3, 0.4) is 0 Å². The highest BCUT2D eigenvalue weighted by Gasteiger charge is 2.46. The quantitative estimate of drug-likeness (QED) is 0.591. The molecular formula is C23H36F2N4O2. The van der Waals surface area contributed by atoms with Crippen molar-refractivity contribution in [2.75, 3.05) is 53.6 Å². The molecule has 0 saturated carbocycles. The molecule has 3 aliphatic rings. The fourth-order valence-corrected chi connectivity index (χ4v) is 5.23. The predicted molar refractivity (Wildman–Crippen MR) is 116 cm³/mol. The average Bonchev–Trinajstić information content (AvgIpc) is 3.19. The highest BCUT2D eigenvalue weighted by Crippen LogP contribution is 2.50. The maximum absolute atomic E-state index is 14.1. The fraction of sp³-hybridized carbons (Fsp3) is 0.783. The van der Waals surface area contributed by atoms with E-state index in [0.717, 1.165) is 49.3 Å². The number of fused-ring (bicyclic) bond motifs is 4. The molecule has 3 heterocycles. The zero-order valence-electron chi connectivity index (χ0n) is 19.3. The first-order valence-electron chi connectivity index (χ1n) is 11.5. The molecule has 6 nitrogen and oxygen atoms in total. The Labute approximate surface area is 184 Å². The lowest BCUT2D eigenvalue weighted by molar-refractivity contribution is -0.0272. The number of hydrogen-bond donors (Lipinski definition) is 0. The Kier molecular flexibility index (Phi) is 6.43. The molecule has 0 fully saturated rings. The Hall–Kier alpha value is -1.51. The van der Waals surface area contributed by atoms with Gasteiger partial charge in [0.1, 0.15) is 6.54 Å². The average molecular weight is 439 g/mol. The van der Waals surface area contributed by atoms with E-state index in [2.05, 4.69) is 29.0 Å². The zero-order chi connectivity index (χ0) is 22.2. The second kappa shape index (κ2) is 8.79. The highest BCUT2D eigenvalue weighted by molar-refractivity contribution is 5.75. The van der Waals surface area contributed by atoms with Gasteiger partial charge >= 0.3 is 0 Å². The molecule has 0 radical (unpaired) electrons. The summed E-state index contributed by atoms with van der Waals surface area (Å²) in [6.07, 6.45) is 2.45. The molecule has 1 aromatic heterocycles. The van der Waals surface area contributed by atoms with Crippen LogP contribution in [0.25, 0.3) is 5.57 Å². The number of aromatic nitrogens is 2. The van der Waals surface area contributed by atoms with Gasteiger partial charge in [0.15, 0.2) is 0 Å². The molecule has 0 atom stereocenters. The van der Waals surface area contributed by atoms with Gasteiger partial charge in [-0.1, -0.05) is 0 Å². The maximum atomic E-state index is 14.1. The summed E-state index contributed by atoms with van der Waals surface area (Å²) in [6.45, 7) is 8.95. The van der Waals surface area contributed by atoms with Crippen molar-refractivity contribution >= 4 is 5.57 Å². The highest BCUT2D eigenvalue weighted by atomic mass is 19.3. The van der Waals surface area contributed by atoms with Crippen molar-refractivity contribution in [3.63, 3.8) is 0 Å². The van der Waals surface area contributed by atoms with Crippen LogP contribution in [0.5, 0.6) is 0 Å². The van der Waals surface area contributed by atoms with Gasteiger partial charge < -0.3 is 19.3 Å². The van der Waals surface area contributed by atoms with Crippen LogP contribution in [-0.4, -0.2) is 79.1 Å². The molecule has 0 amide bonds. The normalized spacial score (nSPS) is 21.5.